The van der Waals surface area contributed by atoms with Crippen LogP contribution in [0.25, 0.3) is 0 Å². The van der Waals surface area contributed by atoms with E-state index in [1.807, 2.05) is 4.90 Å². The van der Waals surface area contributed by atoms with Gasteiger partial charge in [-0.1, -0.05) is 26.2 Å². The Bertz CT molecular complexity index is 283. The van der Waals surface area contributed by atoms with Gasteiger partial charge in [-0.3, -0.25) is 9.59 Å². The van der Waals surface area contributed by atoms with Crippen molar-refractivity contribution in [1.29, 1.82) is 0 Å². The molecule has 0 spiro atoms. The van der Waals surface area contributed by atoms with Crippen LogP contribution in [0.1, 0.15) is 64.7 Å². The number of piperidine rings is 1. The molecule has 0 aromatic heterocycles. The molecule has 1 amide bonds. The van der Waals surface area contributed by atoms with E-state index in [0.29, 0.717) is 12.3 Å². The summed E-state index contributed by atoms with van der Waals surface area (Å²) in [4.78, 5) is 24.4. The molecule has 0 bridgehead atoms. The van der Waals surface area contributed by atoms with E-state index < -0.39 is 5.97 Å². The molecule has 0 atom stereocenters. The molecule has 1 aliphatic heterocycles. The van der Waals surface area contributed by atoms with E-state index in [4.69, 9.17) is 5.11 Å². The second-order valence-electron chi connectivity index (χ2n) is 5.57. The van der Waals surface area contributed by atoms with Gasteiger partial charge >= 0.3 is 5.97 Å². The maximum Gasteiger partial charge on any atom is 0.303 e. The average molecular weight is 269 g/mol. The Labute approximate surface area is 116 Å². The number of carbonyl (C=O) groups excluding carboxylic acids is 1. The zero-order valence-corrected chi connectivity index (χ0v) is 12.1. The zero-order chi connectivity index (χ0) is 14.1. The first-order valence-corrected chi connectivity index (χ1v) is 7.63. The SMILES string of the molecule is CCCCCCC(=O)N1CCC(CCC(=O)O)CC1. The number of hydrogen-bond donors (Lipinski definition) is 1. The van der Waals surface area contributed by atoms with Crippen molar-refractivity contribution in [3.8, 4) is 0 Å². The Hall–Kier alpha value is -1.06. The molecular formula is C15H27NO3. The summed E-state index contributed by atoms with van der Waals surface area (Å²) in [5, 5.41) is 8.66. The summed E-state index contributed by atoms with van der Waals surface area (Å²) in [6.45, 7) is 3.80. The number of carboxylic acids is 1. The smallest absolute Gasteiger partial charge is 0.303 e. The van der Waals surface area contributed by atoms with Crippen LogP contribution in [0.15, 0.2) is 0 Å². The number of likely N-dealkylation sites (tertiary alicyclic amines) is 1. The van der Waals surface area contributed by atoms with E-state index >= 15 is 0 Å². The summed E-state index contributed by atoms with van der Waals surface area (Å²) in [5.74, 6) is 0.0578. The highest BCUT2D eigenvalue weighted by atomic mass is 16.4. The van der Waals surface area contributed by atoms with E-state index in [2.05, 4.69) is 6.92 Å². The van der Waals surface area contributed by atoms with Crippen LogP contribution < -0.4 is 0 Å². The van der Waals surface area contributed by atoms with Crippen LogP contribution in [0, 0.1) is 5.92 Å². The predicted octanol–water partition coefficient (Wildman–Crippen LogP) is 3.06. The van der Waals surface area contributed by atoms with E-state index in [1.54, 1.807) is 0 Å². The maximum absolute atomic E-state index is 12.0. The molecule has 0 radical (unpaired) electrons. The lowest BCUT2D eigenvalue weighted by atomic mass is 9.92. The average Bonchev–Trinajstić information content (AvgIpc) is 2.41. The number of carboxylic acid groups (broad SMARTS) is 1. The molecular weight excluding hydrogens is 242 g/mol. The van der Waals surface area contributed by atoms with Crippen molar-refractivity contribution in [3.63, 3.8) is 0 Å². The second kappa shape index (κ2) is 8.94. The monoisotopic (exact) mass is 269 g/mol. The van der Waals surface area contributed by atoms with Gasteiger partial charge in [0.1, 0.15) is 0 Å². The summed E-state index contributed by atoms with van der Waals surface area (Å²) >= 11 is 0. The standard InChI is InChI=1S/C15H27NO3/c1-2-3-4-5-6-14(17)16-11-9-13(10-12-16)7-8-15(18)19/h13H,2-12H2,1H3,(H,18,19). The van der Waals surface area contributed by atoms with Crippen molar-refractivity contribution in [2.45, 2.75) is 64.7 Å². The highest BCUT2D eigenvalue weighted by molar-refractivity contribution is 5.76. The molecule has 0 saturated carbocycles. The van der Waals surface area contributed by atoms with Gasteiger partial charge in [-0.2, -0.15) is 0 Å². The van der Waals surface area contributed by atoms with Gasteiger partial charge in [-0.15, -0.1) is 0 Å². The Balaban J connectivity index is 2.14. The number of unbranched alkanes of at least 4 members (excludes halogenated alkanes) is 3. The van der Waals surface area contributed by atoms with Crippen molar-refractivity contribution in [2.75, 3.05) is 13.1 Å². The van der Waals surface area contributed by atoms with Crippen LogP contribution in [0.4, 0.5) is 0 Å². The quantitative estimate of drug-likeness (QED) is 0.689. The molecule has 1 heterocycles. The van der Waals surface area contributed by atoms with Crippen LogP contribution in [0.2, 0.25) is 0 Å². The molecule has 0 aliphatic carbocycles. The van der Waals surface area contributed by atoms with E-state index in [0.717, 1.165) is 45.2 Å². The lowest BCUT2D eigenvalue weighted by Gasteiger charge is -2.32. The number of nitrogens with zero attached hydrogens (tertiary/aromatic N) is 1. The van der Waals surface area contributed by atoms with Gasteiger partial charge in [0.05, 0.1) is 0 Å². The second-order valence-corrected chi connectivity index (χ2v) is 5.57. The van der Waals surface area contributed by atoms with Crippen molar-refractivity contribution in [2.24, 2.45) is 5.92 Å². The highest BCUT2D eigenvalue weighted by Crippen LogP contribution is 2.22. The van der Waals surface area contributed by atoms with Gasteiger partial charge < -0.3 is 10.0 Å². The molecule has 1 aliphatic rings. The number of aliphatic carboxylic acids is 1. The summed E-state index contributed by atoms with van der Waals surface area (Å²) in [6, 6.07) is 0. The molecule has 1 fully saturated rings. The highest BCUT2D eigenvalue weighted by Gasteiger charge is 2.22. The third-order valence-corrected chi connectivity index (χ3v) is 3.98. The first kappa shape index (κ1) is 16.0. The number of amides is 1. The Morgan fingerprint density at radius 2 is 1.79 bits per heavy atom. The number of carbonyl (C=O) groups is 2. The zero-order valence-electron chi connectivity index (χ0n) is 12.1. The first-order chi connectivity index (χ1) is 9.13. The maximum atomic E-state index is 12.0. The fraction of sp³-hybridized carbons (Fsp3) is 0.867. The van der Waals surface area contributed by atoms with Crippen LogP contribution >= 0.6 is 0 Å². The summed E-state index contributed by atoms with van der Waals surface area (Å²) in [5.41, 5.74) is 0. The van der Waals surface area contributed by atoms with Gasteiger partial charge in [0.15, 0.2) is 0 Å². The summed E-state index contributed by atoms with van der Waals surface area (Å²) in [7, 11) is 0. The molecule has 0 aromatic carbocycles. The van der Waals surface area contributed by atoms with Gasteiger partial charge in [0, 0.05) is 25.9 Å². The Morgan fingerprint density at radius 1 is 1.11 bits per heavy atom. The van der Waals surface area contributed by atoms with Crippen molar-refractivity contribution >= 4 is 11.9 Å². The summed E-state index contributed by atoms with van der Waals surface area (Å²) < 4.78 is 0. The van der Waals surface area contributed by atoms with Crippen LogP contribution in [-0.2, 0) is 9.59 Å². The van der Waals surface area contributed by atoms with Crippen LogP contribution in [0.5, 0.6) is 0 Å². The first-order valence-electron chi connectivity index (χ1n) is 7.63. The van der Waals surface area contributed by atoms with E-state index in [9.17, 15) is 9.59 Å². The molecule has 0 aromatic rings. The fourth-order valence-corrected chi connectivity index (χ4v) is 2.66. The van der Waals surface area contributed by atoms with Gasteiger partial charge in [-0.25, -0.2) is 0 Å². The Kier molecular flexibility index (Phi) is 7.53. The van der Waals surface area contributed by atoms with Crippen molar-refractivity contribution < 1.29 is 14.7 Å². The minimum atomic E-state index is -0.713. The third-order valence-electron chi connectivity index (χ3n) is 3.98. The summed E-state index contributed by atoms with van der Waals surface area (Å²) in [6.07, 6.45) is 8.20. The van der Waals surface area contributed by atoms with E-state index in [-0.39, 0.29) is 12.3 Å². The molecule has 0 unspecified atom stereocenters. The number of hydrogen-bond acceptors (Lipinski definition) is 2. The predicted molar refractivity (Wildman–Crippen MR) is 74.9 cm³/mol. The lowest BCUT2D eigenvalue weighted by molar-refractivity contribution is -0.138. The van der Waals surface area contributed by atoms with Gasteiger partial charge in [0.25, 0.3) is 0 Å². The molecule has 110 valence electrons. The van der Waals surface area contributed by atoms with Crippen LogP contribution in [-0.4, -0.2) is 35.0 Å². The molecule has 19 heavy (non-hydrogen) atoms. The van der Waals surface area contributed by atoms with Crippen LogP contribution in [0.3, 0.4) is 0 Å². The topological polar surface area (TPSA) is 57.6 Å². The fourth-order valence-electron chi connectivity index (χ4n) is 2.66. The largest absolute Gasteiger partial charge is 0.481 e. The van der Waals surface area contributed by atoms with Gasteiger partial charge in [0.2, 0.25) is 5.91 Å². The lowest BCUT2D eigenvalue weighted by Crippen LogP contribution is -2.38. The van der Waals surface area contributed by atoms with E-state index in [1.165, 1.54) is 12.8 Å². The molecule has 1 N–H and O–H groups in total. The minimum Gasteiger partial charge on any atom is -0.481 e. The molecule has 4 heteroatoms. The normalized spacial score (nSPS) is 16.6. The third kappa shape index (κ3) is 6.60. The number of rotatable bonds is 8. The molecule has 1 rings (SSSR count). The minimum absolute atomic E-state index is 0.260. The molecule has 1 saturated heterocycles. The van der Waals surface area contributed by atoms with Crippen molar-refractivity contribution in [1.82, 2.24) is 4.90 Å². The Morgan fingerprint density at radius 3 is 2.37 bits per heavy atom. The van der Waals surface area contributed by atoms with Gasteiger partial charge in [-0.05, 0) is 31.6 Å². The molecule has 4 nitrogen and oxygen atoms in total. The van der Waals surface area contributed by atoms with Crippen molar-refractivity contribution in [3.05, 3.63) is 0 Å².